The second-order valence-corrected chi connectivity index (χ2v) is 8.54. The first kappa shape index (κ1) is 23.9. The quantitative estimate of drug-likeness (QED) is 0.344. The number of aryl methyl sites for hydroxylation is 1. The number of hydrogen-bond donors (Lipinski definition) is 2. The zero-order chi connectivity index (χ0) is 24.6. The molecule has 2 aromatic carbocycles. The fourth-order valence-corrected chi connectivity index (χ4v) is 3.91. The Morgan fingerprint density at radius 2 is 1.80 bits per heavy atom. The lowest BCUT2D eigenvalue weighted by molar-refractivity contribution is -0.147. The predicted octanol–water partition coefficient (Wildman–Crippen LogP) is 4.21. The van der Waals surface area contributed by atoms with Crippen LogP contribution in [-0.2, 0) is 14.3 Å². The summed E-state index contributed by atoms with van der Waals surface area (Å²) in [6, 6.07) is 20.8. The van der Waals surface area contributed by atoms with Crippen LogP contribution in [0.15, 0.2) is 77.5 Å². The molecule has 0 aliphatic rings. The summed E-state index contributed by atoms with van der Waals surface area (Å²) in [7, 11) is 0. The summed E-state index contributed by atoms with van der Waals surface area (Å²) < 4.78 is 6.70. The summed E-state index contributed by atoms with van der Waals surface area (Å²) in [4.78, 5) is 36.4. The first-order valence-corrected chi connectivity index (χ1v) is 11.9. The standard InChI is InChI=1S/C26H24N4O4S/c1-18-7-9-19(10-8-18)22-15-23(30(29-22)21-5-3-2-4-6-21)28-24(31)16-34-25(32)11-13-27-26(33)20-12-14-35-17-20/h2-10,12,14-15,17H,11,13,16H2,1H3,(H,27,33)(H,28,31). The highest BCUT2D eigenvalue weighted by Gasteiger charge is 2.15. The molecule has 2 N–H and O–H groups in total. The lowest BCUT2D eigenvalue weighted by atomic mass is 10.1. The number of nitrogens with zero attached hydrogens (tertiary/aromatic N) is 2. The van der Waals surface area contributed by atoms with E-state index in [9.17, 15) is 14.4 Å². The van der Waals surface area contributed by atoms with Crippen molar-refractivity contribution < 1.29 is 19.1 Å². The second-order valence-electron chi connectivity index (χ2n) is 7.75. The molecule has 0 unspecified atom stereocenters. The Hall–Kier alpha value is -4.24. The highest BCUT2D eigenvalue weighted by Crippen LogP contribution is 2.25. The van der Waals surface area contributed by atoms with Gasteiger partial charge in [0.05, 0.1) is 17.8 Å². The number of nitrogens with one attached hydrogen (secondary N) is 2. The van der Waals surface area contributed by atoms with Crippen molar-refractivity contribution in [3.05, 3.63) is 88.6 Å². The van der Waals surface area contributed by atoms with E-state index in [1.54, 1.807) is 27.6 Å². The van der Waals surface area contributed by atoms with E-state index in [0.29, 0.717) is 17.1 Å². The molecule has 0 spiro atoms. The highest BCUT2D eigenvalue weighted by atomic mass is 32.1. The van der Waals surface area contributed by atoms with E-state index < -0.39 is 18.5 Å². The summed E-state index contributed by atoms with van der Waals surface area (Å²) in [5.41, 5.74) is 4.07. The van der Waals surface area contributed by atoms with Gasteiger partial charge >= 0.3 is 5.97 Å². The maximum Gasteiger partial charge on any atom is 0.308 e. The molecular formula is C26H24N4O4S. The van der Waals surface area contributed by atoms with Crippen molar-refractivity contribution >= 4 is 34.9 Å². The van der Waals surface area contributed by atoms with Crippen LogP contribution >= 0.6 is 11.3 Å². The van der Waals surface area contributed by atoms with E-state index in [0.717, 1.165) is 16.8 Å². The van der Waals surface area contributed by atoms with E-state index in [1.807, 2.05) is 61.5 Å². The van der Waals surface area contributed by atoms with Crippen LogP contribution in [0.5, 0.6) is 0 Å². The van der Waals surface area contributed by atoms with Gasteiger partial charge in [-0.2, -0.15) is 16.4 Å². The summed E-state index contributed by atoms with van der Waals surface area (Å²) in [5.74, 6) is -0.873. The van der Waals surface area contributed by atoms with Crippen LogP contribution in [0.2, 0.25) is 0 Å². The largest absolute Gasteiger partial charge is 0.456 e. The first-order chi connectivity index (χ1) is 17.0. The Bertz CT molecular complexity index is 1300. The first-order valence-electron chi connectivity index (χ1n) is 11.0. The van der Waals surface area contributed by atoms with E-state index in [-0.39, 0.29) is 18.9 Å². The number of ether oxygens (including phenoxy) is 1. The SMILES string of the molecule is Cc1ccc(-c2cc(NC(=O)COC(=O)CCNC(=O)c3ccsc3)n(-c3ccccc3)n2)cc1. The monoisotopic (exact) mass is 488 g/mol. The minimum atomic E-state index is -0.581. The van der Waals surface area contributed by atoms with Gasteiger partial charge in [0.2, 0.25) is 0 Å². The average Bonchev–Trinajstić information content (AvgIpc) is 3.55. The Labute approximate surface area is 206 Å². The third-order valence-corrected chi connectivity index (χ3v) is 5.77. The van der Waals surface area contributed by atoms with Crippen molar-refractivity contribution in [3.8, 4) is 16.9 Å². The summed E-state index contributed by atoms with van der Waals surface area (Å²) in [6.45, 7) is 1.68. The fourth-order valence-electron chi connectivity index (χ4n) is 3.27. The molecule has 9 heteroatoms. The topological polar surface area (TPSA) is 102 Å². The second kappa shape index (κ2) is 11.3. The van der Waals surface area contributed by atoms with Gasteiger partial charge in [0.1, 0.15) is 5.82 Å². The lowest BCUT2D eigenvalue weighted by Gasteiger charge is -2.09. The summed E-state index contributed by atoms with van der Waals surface area (Å²) in [5, 5.41) is 13.6. The maximum absolute atomic E-state index is 12.5. The molecule has 0 radical (unpaired) electrons. The van der Waals surface area contributed by atoms with Crippen LogP contribution in [-0.4, -0.2) is 40.7 Å². The highest BCUT2D eigenvalue weighted by molar-refractivity contribution is 7.08. The Morgan fingerprint density at radius 1 is 1.03 bits per heavy atom. The van der Waals surface area contributed by atoms with E-state index >= 15 is 0 Å². The van der Waals surface area contributed by atoms with Gasteiger partial charge in [-0.15, -0.1) is 0 Å². The van der Waals surface area contributed by atoms with Crippen LogP contribution in [0.3, 0.4) is 0 Å². The molecule has 4 rings (SSSR count). The van der Waals surface area contributed by atoms with Crippen LogP contribution in [0.4, 0.5) is 5.82 Å². The van der Waals surface area contributed by atoms with Crippen molar-refractivity contribution in [3.63, 3.8) is 0 Å². The zero-order valence-electron chi connectivity index (χ0n) is 19.1. The van der Waals surface area contributed by atoms with Gasteiger partial charge < -0.3 is 15.4 Å². The number of amides is 2. The predicted molar refractivity (Wildman–Crippen MR) is 135 cm³/mol. The Kier molecular flexibility index (Phi) is 7.69. The molecule has 2 amide bonds. The normalized spacial score (nSPS) is 10.5. The number of benzene rings is 2. The third-order valence-electron chi connectivity index (χ3n) is 5.09. The van der Waals surface area contributed by atoms with Gasteiger partial charge in [0.25, 0.3) is 11.8 Å². The number of rotatable bonds is 9. The number of hydrogen-bond acceptors (Lipinski definition) is 6. The van der Waals surface area contributed by atoms with Crippen molar-refractivity contribution in [2.45, 2.75) is 13.3 Å². The number of para-hydroxylation sites is 1. The molecular weight excluding hydrogens is 464 g/mol. The van der Waals surface area contributed by atoms with Gasteiger partial charge in [0.15, 0.2) is 6.61 Å². The molecule has 8 nitrogen and oxygen atoms in total. The van der Waals surface area contributed by atoms with Crippen molar-refractivity contribution in [1.29, 1.82) is 0 Å². The van der Waals surface area contributed by atoms with Crippen molar-refractivity contribution in [2.75, 3.05) is 18.5 Å². The minimum absolute atomic E-state index is 0.0390. The van der Waals surface area contributed by atoms with Crippen LogP contribution in [0, 0.1) is 6.92 Å². The van der Waals surface area contributed by atoms with E-state index in [1.165, 1.54) is 11.3 Å². The molecule has 0 saturated carbocycles. The number of esters is 1. The molecule has 0 fully saturated rings. The number of carbonyl (C=O) groups is 3. The van der Waals surface area contributed by atoms with Gasteiger partial charge in [-0.3, -0.25) is 14.4 Å². The summed E-state index contributed by atoms with van der Waals surface area (Å²) in [6.07, 6.45) is -0.0390. The van der Waals surface area contributed by atoms with E-state index in [4.69, 9.17) is 4.74 Å². The molecule has 0 aliphatic carbocycles. The Morgan fingerprint density at radius 3 is 2.51 bits per heavy atom. The number of anilines is 1. The minimum Gasteiger partial charge on any atom is -0.456 e. The van der Waals surface area contributed by atoms with Gasteiger partial charge in [-0.25, -0.2) is 4.68 Å². The zero-order valence-corrected chi connectivity index (χ0v) is 19.9. The van der Waals surface area contributed by atoms with E-state index in [2.05, 4.69) is 15.7 Å². The third kappa shape index (κ3) is 6.42. The molecule has 0 atom stereocenters. The molecule has 2 aromatic heterocycles. The van der Waals surface area contributed by atoms with Crippen molar-refractivity contribution in [1.82, 2.24) is 15.1 Å². The molecule has 0 aliphatic heterocycles. The fraction of sp³-hybridized carbons (Fsp3) is 0.154. The van der Waals surface area contributed by atoms with Crippen LogP contribution in [0.25, 0.3) is 16.9 Å². The molecule has 0 saturated heterocycles. The number of carbonyl (C=O) groups excluding carboxylic acids is 3. The average molecular weight is 489 g/mol. The molecule has 0 bridgehead atoms. The number of thiophene rings is 1. The van der Waals surface area contributed by atoms with Gasteiger partial charge in [-0.05, 0) is 30.5 Å². The summed E-state index contributed by atoms with van der Waals surface area (Å²) >= 11 is 1.42. The van der Waals surface area contributed by atoms with Gasteiger partial charge in [-0.1, -0.05) is 48.0 Å². The Balaban J connectivity index is 1.36. The van der Waals surface area contributed by atoms with Crippen LogP contribution in [0.1, 0.15) is 22.3 Å². The van der Waals surface area contributed by atoms with Crippen LogP contribution < -0.4 is 10.6 Å². The molecule has 35 heavy (non-hydrogen) atoms. The molecule has 4 aromatic rings. The van der Waals surface area contributed by atoms with Gasteiger partial charge in [0, 0.05) is 29.1 Å². The van der Waals surface area contributed by atoms with Crippen molar-refractivity contribution in [2.24, 2.45) is 0 Å². The lowest BCUT2D eigenvalue weighted by Crippen LogP contribution is -2.27. The molecule has 178 valence electrons. The number of aromatic nitrogens is 2. The molecule has 2 heterocycles. The smallest absolute Gasteiger partial charge is 0.308 e. The maximum atomic E-state index is 12.5.